The second-order valence-electron chi connectivity index (χ2n) is 4.33. The number of nitrogens with one attached hydrogen (secondary N) is 1. The molecule has 0 aliphatic carbocycles. The summed E-state index contributed by atoms with van der Waals surface area (Å²) < 4.78 is 0. The van der Waals surface area contributed by atoms with Crippen LogP contribution in [0.1, 0.15) is 11.1 Å². The van der Waals surface area contributed by atoms with Gasteiger partial charge in [-0.3, -0.25) is 9.78 Å². The normalized spacial score (nSPS) is 10.4. The number of aromatic nitrogens is 1. The Morgan fingerprint density at radius 2 is 1.81 bits per heavy atom. The first-order valence-corrected chi connectivity index (χ1v) is 8.24. The third-order valence-corrected chi connectivity index (χ3v) is 4.45. The molecule has 1 N–H and O–H groups in total. The van der Waals surface area contributed by atoms with E-state index in [1.165, 1.54) is 11.8 Å². The summed E-state index contributed by atoms with van der Waals surface area (Å²) in [6.07, 6.45) is 3.41. The summed E-state index contributed by atoms with van der Waals surface area (Å²) in [7, 11) is 0. The molecule has 1 amide bonds. The second kappa shape index (κ2) is 8.27. The molecular weight excluding hydrogens is 327 g/mol. The van der Waals surface area contributed by atoms with Crippen LogP contribution in [-0.4, -0.2) is 16.6 Å². The lowest BCUT2D eigenvalue weighted by atomic mass is 10.2. The Labute approximate surface area is 138 Å². The van der Waals surface area contributed by atoms with Crippen LogP contribution in [0, 0.1) is 0 Å². The Bertz CT molecular complexity index is 588. The lowest BCUT2D eigenvalue weighted by molar-refractivity contribution is -0.118. The van der Waals surface area contributed by atoms with E-state index in [0.29, 0.717) is 28.1 Å². The maximum atomic E-state index is 11.8. The molecule has 1 aromatic carbocycles. The number of carbonyl (C=O) groups excluding carboxylic acids is 1. The first-order chi connectivity index (χ1) is 10.2. The molecule has 21 heavy (non-hydrogen) atoms. The molecule has 0 spiro atoms. The molecule has 0 saturated heterocycles. The molecule has 110 valence electrons. The average molecular weight is 341 g/mol. The van der Waals surface area contributed by atoms with Crippen molar-refractivity contribution < 1.29 is 4.79 Å². The van der Waals surface area contributed by atoms with Gasteiger partial charge in [-0.2, -0.15) is 0 Å². The minimum Gasteiger partial charge on any atom is -0.351 e. The Hall–Kier alpha value is -1.23. The zero-order valence-corrected chi connectivity index (χ0v) is 13.5. The van der Waals surface area contributed by atoms with E-state index in [1.807, 2.05) is 12.1 Å². The number of amides is 1. The van der Waals surface area contributed by atoms with Crippen molar-refractivity contribution in [1.29, 1.82) is 0 Å². The highest BCUT2D eigenvalue weighted by Gasteiger charge is 2.07. The van der Waals surface area contributed by atoms with E-state index in [2.05, 4.69) is 10.3 Å². The third-order valence-electron chi connectivity index (χ3n) is 2.78. The molecule has 3 nitrogen and oxygen atoms in total. The lowest BCUT2D eigenvalue weighted by Crippen LogP contribution is -2.24. The average Bonchev–Trinajstić information content (AvgIpc) is 2.49. The zero-order chi connectivity index (χ0) is 15.1. The molecule has 0 fully saturated rings. The Balaban J connectivity index is 1.75. The number of halogens is 2. The summed E-state index contributed by atoms with van der Waals surface area (Å²) in [4.78, 5) is 15.7. The van der Waals surface area contributed by atoms with Crippen LogP contribution in [0.2, 0.25) is 10.0 Å². The molecule has 0 radical (unpaired) electrons. The molecule has 6 heteroatoms. The van der Waals surface area contributed by atoms with Crippen molar-refractivity contribution >= 4 is 40.9 Å². The van der Waals surface area contributed by atoms with Crippen molar-refractivity contribution in [3.63, 3.8) is 0 Å². The molecule has 0 unspecified atom stereocenters. The van der Waals surface area contributed by atoms with Crippen LogP contribution in [0.25, 0.3) is 0 Å². The topological polar surface area (TPSA) is 42.0 Å². The summed E-state index contributed by atoms with van der Waals surface area (Å²) >= 11 is 13.6. The zero-order valence-electron chi connectivity index (χ0n) is 11.2. The predicted octanol–water partition coefficient (Wildman–Crippen LogP) is 3.94. The molecule has 0 aliphatic rings. The van der Waals surface area contributed by atoms with E-state index in [1.54, 1.807) is 30.6 Å². The van der Waals surface area contributed by atoms with E-state index in [9.17, 15) is 4.79 Å². The number of hydrogen-bond donors (Lipinski definition) is 1. The van der Waals surface area contributed by atoms with Crippen molar-refractivity contribution in [3.8, 4) is 0 Å². The summed E-state index contributed by atoms with van der Waals surface area (Å²) in [5.41, 5.74) is 1.89. The minimum atomic E-state index is -0.0139. The van der Waals surface area contributed by atoms with Gasteiger partial charge in [-0.1, -0.05) is 29.3 Å². The number of carbonyl (C=O) groups is 1. The van der Waals surface area contributed by atoms with Crippen LogP contribution in [0.4, 0.5) is 0 Å². The van der Waals surface area contributed by atoms with E-state index >= 15 is 0 Å². The maximum Gasteiger partial charge on any atom is 0.230 e. The molecule has 0 bridgehead atoms. The second-order valence-corrected chi connectivity index (χ2v) is 6.13. The van der Waals surface area contributed by atoms with E-state index in [-0.39, 0.29) is 5.91 Å². The monoisotopic (exact) mass is 340 g/mol. The quantitative estimate of drug-likeness (QED) is 0.865. The fourth-order valence-corrected chi connectivity index (χ4v) is 3.26. The standard InChI is InChI=1S/C15H14Cl2N2OS/c16-13-2-1-3-14(17)12(13)9-21-10-15(20)19-8-11-4-6-18-7-5-11/h1-7H,8-10H2,(H,19,20). The van der Waals surface area contributed by atoms with Crippen molar-refractivity contribution in [2.24, 2.45) is 0 Å². The van der Waals surface area contributed by atoms with Gasteiger partial charge in [-0.15, -0.1) is 11.8 Å². The fraction of sp³-hybridized carbons (Fsp3) is 0.200. The first kappa shape index (κ1) is 16.1. The van der Waals surface area contributed by atoms with Gasteiger partial charge in [-0.05, 0) is 35.4 Å². The van der Waals surface area contributed by atoms with Gasteiger partial charge >= 0.3 is 0 Å². The minimum absolute atomic E-state index is 0.0139. The highest BCUT2D eigenvalue weighted by Crippen LogP contribution is 2.28. The summed E-state index contributed by atoms with van der Waals surface area (Å²) in [5, 5.41) is 4.12. The predicted molar refractivity (Wildman–Crippen MR) is 88.7 cm³/mol. The first-order valence-electron chi connectivity index (χ1n) is 6.33. The van der Waals surface area contributed by atoms with Gasteiger partial charge in [0.1, 0.15) is 0 Å². The Morgan fingerprint density at radius 3 is 2.48 bits per heavy atom. The largest absolute Gasteiger partial charge is 0.351 e. The molecule has 0 aliphatic heterocycles. The summed E-state index contributed by atoms with van der Waals surface area (Å²) in [6, 6.07) is 9.15. The van der Waals surface area contributed by atoms with Crippen LogP contribution in [0.5, 0.6) is 0 Å². The fourth-order valence-electron chi connectivity index (χ4n) is 1.67. The SMILES string of the molecule is O=C(CSCc1c(Cl)cccc1Cl)NCc1ccncc1. The van der Waals surface area contributed by atoms with Gasteiger partial charge in [0.25, 0.3) is 0 Å². The van der Waals surface area contributed by atoms with Crippen LogP contribution >= 0.6 is 35.0 Å². The highest BCUT2D eigenvalue weighted by atomic mass is 35.5. The van der Waals surface area contributed by atoms with Gasteiger partial charge in [0.2, 0.25) is 5.91 Å². The van der Waals surface area contributed by atoms with Gasteiger partial charge in [-0.25, -0.2) is 0 Å². The number of nitrogens with zero attached hydrogens (tertiary/aromatic N) is 1. The number of thioether (sulfide) groups is 1. The molecule has 0 saturated carbocycles. The highest BCUT2D eigenvalue weighted by molar-refractivity contribution is 7.99. The van der Waals surface area contributed by atoms with Crippen LogP contribution < -0.4 is 5.32 Å². The van der Waals surface area contributed by atoms with Crippen molar-refractivity contribution in [1.82, 2.24) is 10.3 Å². The maximum absolute atomic E-state index is 11.8. The molecule has 2 aromatic rings. The van der Waals surface area contributed by atoms with Gasteiger partial charge in [0, 0.05) is 34.7 Å². The van der Waals surface area contributed by atoms with Crippen molar-refractivity contribution in [2.45, 2.75) is 12.3 Å². The molecule has 1 aromatic heterocycles. The Morgan fingerprint density at radius 1 is 1.14 bits per heavy atom. The van der Waals surface area contributed by atoms with E-state index in [0.717, 1.165) is 11.1 Å². The van der Waals surface area contributed by atoms with Gasteiger partial charge in [0.15, 0.2) is 0 Å². The summed E-state index contributed by atoms with van der Waals surface area (Å²) in [5.74, 6) is 0.966. The molecule has 1 heterocycles. The van der Waals surface area contributed by atoms with Crippen LogP contribution in [0.15, 0.2) is 42.7 Å². The van der Waals surface area contributed by atoms with Crippen LogP contribution in [-0.2, 0) is 17.1 Å². The number of benzene rings is 1. The smallest absolute Gasteiger partial charge is 0.230 e. The lowest BCUT2D eigenvalue weighted by Gasteiger charge is -2.07. The van der Waals surface area contributed by atoms with E-state index < -0.39 is 0 Å². The van der Waals surface area contributed by atoms with Crippen molar-refractivity contribution in [2.75, 3.05) is 5.75 Å². The van der Waals surface area contributed by atoms with Gasteiger partial charge < -0.3 is 5.32 Å². The molecule has 0 atom stereocenters. The van der Waals surface area contributed by atoms with Crippen LogP contribution in [0.3, 0.4) is 0 Å². The third kappa shape index (κ3) is 5.23. The number of hydrogen-bond acceptors (Lipinski definition) is 3. The summed E-state index contributed by atoms with van der Waals surface area (Å²) in [6.45, 7) is 0.509. The van der Waals surface area contributed by atoms with Gasteiger partial charge in [0.05, 0.1) is 5.75 Å². The Kier molecular flexibility index (Phi) is 6.36. The molecular formula is C15H14Cl2N2OS. The van der Waals surface area contributed by atoms with Crippen molar-refractivity contribution in [3.05, 3.63) is 63.9 Å². The van der Waals surface area contributed by atoms with E-state index in [4.69, 9.17) is 23.2 Å². The number of pyridine rings is 1. The number of rotatable bonds is 6. The molecule has 2 rings (SSSR count).